The van der Waals surface area contributed by atoms with E-state index in [4.69, 9.17) is 5.73 Å². The first-order valence-electron chi connectivity index (χ1n) is 6.89. The summed E-state index contributed by atoms with van der Waals surface area (Å²) in [4.78, 5) is 26.0. The van der Waals surface area contributed by atoms with E-state index >= 15 is 0 Å². The van der Waals surface area contributed by atoms with E-state index in [0.29, 0.717) is 21.4 Å². The highest BCUT2D eigenvalue weighted by Crippen LogP contribution is 2.36. The summed E-state index contributed by atoms with van der Waals surface area (Å²) in [5.41, 5.74) is 6.61. The van der Waals surface area contributed by atoms with Crippen LogP contribution in [0.3, 0.4) is 0 Å². The van der Waals surface area contributed by atoms with Gasteiger partial charge in [0.1, 0.15) is 9.88 Å². The Bertz CT molecular complexity index is 523. The lowest BCUT2D eigenvalue weighted by Gasteiger charge is -2.09. The van der Waals surface area contributed by atoms with Gasteiger partial charge in [-0.1, -0.05) is 13.8 Å². The number of carbonyl (C=O) groups is 2. The Morgan fingerprint density at radius 3 is 2.43 bits per heavy atom. The van der Waals surface area contributed by atoms with Crippen molar-refractivity contribution in [2.24, 2.45) is 5.92 Å². The first-order valence-corrected chi connectivity index (χ1v) is 7.71. The molecule has 2 amide bonds. The van der Waals surface area contributed by atoms with Gasteiger partial charge in [0.15, 0.2) is 0 Å². The lowest BCUT2D eigenvalue weighted by molar-refractivity contribution is 0.0833. The Kier molecular flexibility index (Phi) is 6.02. The van der Waals surface area contributed by atoms with Crippen LogP contribution in [0, 0.1) is 5.92 Å². The summed E-state index contributed by atoms with van der Waals surface area (Å²) in [6.07, 6.45) is 0.974. The number of nitrogens with one attached hydrogen (secondary N) is 2. The molecule has 6 nitrogen and oxygen atoms in total. The van der Waals surface area contributed by atoms with Crippen LogP contribution in [0.5, 0.6) is 0 Å². The Labute approximate surface area is 129 Å². The third kappa shape index (κ3) is 4.10. The van der Waals surface area contributed by atoms with E-state index in [1.165, 1.54) is 16.2 Å². The molecule has 118 valence electrons. The quantitative estimate of drug-likeness (QED) is 0.748. The predicted molar refractivity (Wildman–Crippen MR) is 88.1 cm³/mol. The highest BCUT2D eigenvalue weighted by atomic mass is 32.1. The molecule has 1 aromatic heterocycles. The first-order chi connectivity index (χ1) is 9.79. The van der Waals surface area contributed by atoms with E-state index in [1.807, 2.05) is 0 Å². The largest absolute Gasteiger partial charge is 0.397 e. The Hall–Kier alpha value is -1.76. The van der Waals surface area contributed by atoms with Crippen molar-refractivity contribution in [2.45, 2.75) is 20.3 Å². The number of hydrogen-bond acceptors (Lipinski definition) is 5. The van der Waals surface area contributed by atoms with Crippen molar-refractivity contribution in [1.29, 1.82) is 0 Å². The molecule has 0 fully saturated rings. The molecule has 0 saturated carbocycles. The number of rotatable bonds is 6. The van der Waals surface area contributed by atoms with Crippen LogP contribution in [0.25, 0.3) is 0 Å². The van der Waals surface area contributed by atoms with Crippen LogP contribution in [-0.2, 0) is 0 Å². The van der Waals surface area contributed by atoms with Crippen LogP contribution >= 0.6 is 11.3 Å². The fourth-order valence-corrected chi connectivity index (χ4v) is 2.92. The van der Waals surface area contributed by atoms with Gasteiger partial charge in [-0.3, -0.25) is 9.59 Å². The molecule has 21 heavy (non-hydrogen) atoms. The summed E-state index contributed by atoms with van der Waals surface area (Å²) in [6, 6.07) is 0. The zero-order chi connectivity index (χ0) is 16.2. The van der Waals surface area contributed by atoms with Crippen LogP contribution in [0.4, 0.5) is 10.7 Å². The molecule has 0 bridgehead atoms. The zero-order valence-corrected chi connectivity index (χ0v) is 14.1. The molecule has 0 aliphatic rings. The van der Waals surface area contributed by atoms with Gasteiger partial charge in [0, 0.05) is 27.7 Å². The number of thiophene rings is 1. The van der Waals surface area contributed by atoms with Gasteiger partial charge in [0.05, 0.1) is 11.3 Å². The third-order valence-corrected chi connectivity index (χ3v) is 4.16. The molecule has 1 heterocycles. The average molecular weight is 312 g/mol. The molecule has 0 atom stereocenters. The Morgan fingerprint density at radius 2 is 1.95 bits per heavy atom. The second-order valence-corrected chi connectivity index (χ2v) is 6.46. The number of nitrogens with two attached hydrogens (primary N) is 1. The topological polar surface area (TPSA) is 87.5 Å². The van der Waals surface area contributed by atoms with Crippen molar-refractivity contribution in [3.63, 3.8) is 0 Å². The molecule has 0 unspecified atom stereocenters. The van der Waals surface area contributed by atoms with Crippen molar-refractivity contribution < 1.29 is 9.59 Å². The fourth-order valence-electron chi connectivity index (χ4n) is 1.76. The minimum atomic E-state index is -0.284. The van der Waals surface area contributed by atoms with Crippen LogP contribution in [0.1, 0.15) is 40.3 Å². The maximum Gasteiger partial charge on any atom is 0.265 e. The highest BCUT2D eigenvalue weighted by Gasteiger charge is 2.25. The molecule has 0 aliphatic carbocycles. The maximum atomic E-state index is 12.1. The predicted octanol–water partition coefficient (Wildman–Crippen LogP) is 1.85. The molecule has 0 aliphatic heterocycles. The third-order valence-electron chi connectivity index (χ3n) is 3.01. The average Bonchev–Trinajstić information content (AvgIpc) is 2.73. The number of anilines is 2. The molecule has 1 rings (SSSR count). The van der Waals surface area contributed by atoms with Crippen molar-refractivity contribution in [1.82, 2.24) is 10.2 Å². The maximum absolute atomic E-state index is 12.1. The number of amides is 2. The summed E-state index contributed by atoms with van der Waals surface area (Å²) in [5.74, 6) is 0.0781. The summed E-state index contributed by atoms with van der Waals surface area (Å²) < 4.78 is 0. The van der Waals surface area contributed by atoms with Gasteiger partial charge in [-0.2, -0.15) is 0 Å². The highest BCUT2D eigenvalue weighted by molar-refractivity contribution is 7.19. The molecule has 0 radical (unpaired) electrons. The smallest absolute Gasteiger partial charge is 0.265 e. The van der Waals surface area contributed by atoms with Crippen LogP contribution < -0.4 is 16.4 Å². The molecular formula is C14H24N4O2S. The minimum absolute atomic E-state index is 0.195. The van der Waals surface area contributed by atoms with Crippen molar-refractivity contribution in [3.05, 3.63) is 10.4 Å². The first kappa shape index (κ1) is 17.3. The van der Waals surface area contributed by atoms with E-state index in [9.17, 15) is 9.59 Å². The van der Waals surface area contributed by atoms with Crippen LogP contribution in [-0.4, -0.2) is 44.4 Å². The second-order valence-electron chi connectivity index (χ2n) is 5.44. The van der Waals surface area contributed by atoms with Crippen LogP contribution in [0.2, 0.25) is 0 Å². The van der Waals surface area contributed by atoms with Gasteiger partial charge < -0.3 is 21.3 Å². The SMILES string of the molecule is CNC(=O)c1c(NCCC(C)C)sc(C(=O)N(C)C)c1N. The lowest BCUT2D eigenvalue weighted by Crippen LogP contribution is -2.23. The zero-order valence-electron chi connectivity index (χ0n) is 13.2. The van der Waals surface area contributed by atoms with Gasteiger partial charge in [-0.15, -0.1) is 11.3 Å². The van der Waals surface area contributed by atoms with E-state index in [0.717, 1.165) is 13.0 Å². The van der Waals surface area contributed by atoms with E-state index in [2.05, 4.69) is 24.5 Å². The molecule has 0 saturated heterocycles. The minimum Gasteiger partial charge on any atom is -0.397 e. The summed E-state index contributed by atoms with van der Waals surface area (Å²) in [7, 11) is 4.87. The molecular weight excluding hydrogens is 288 g/mol. The summed E-state index contributed by atoms with van der Waals surface area (Å²) in [6.45, 7) is 4.99. The summed E-state index contributed by atoms with van der Waals surface area (Å²) >= 11 is 1.23. The number of nitrogen functional groups attached to an aromatic ring is 1. The van der Waals surface area contributed by atoms with Gasteiger partial charge in [-0.05, 0) is 12.3 Å². The Morgan fingerprint density at radius 1 is 1.33 bits per heavy atom. The van der Waals surface area contributed by atoms with Gasteiger partial charge in [0.25, 0.3) is 11.8 Å². The fraction of sp³-hybridized carbons (Fsp3) is 0.571. The van der Waals surface area contributed by atoms with E-state index in [1.54, 1.807) is 21.1 Å². The van der Waals surface area contributed by atoms with Gasteiger partial charge in [-0.25, -0.2) is 0 Å². The van der Waals surface area contributed by atoms with Crippen molar-refractivity contribution in [2.75, 3.05) is 38.7 Å². The van der Waals surface area contributed by atoms with Crippen molar-refractivity contribution >= 4 is 33.8 Å². The van der Waals surface area contributed by atoms with E-state index in [-0.39, 0.29) is 17.5 Å². The van der Waals surface area contributed by atoms with Crippen LogP contribution in [0.15, 0.2) is 0 Å². The molecule has 0 spiro atoms. The monoisotopic (exact) mass is 312 g/mol. The lowest BCUT2D eigenvalue weighted by atomic mass is 10.1. The number of carbonyl (C=O) groups excluding carboxylic acids is 2. The van der Waals surface area contributed by atoms with Gasteiger partial charge in [0.2, 0.25) is 0 Å². The molecule has 1 aromatic rings. The Balaban J connectivity index is 3.12. The van der Waals surface area contributed by atoms with Gasteiger partial charge >= 0.3 is 0 Å². The summed E-state index contributed by atoms with van der Waals surface area (Å²) in [5, 5.41) is 6.44. The molecule has 7 heteroatoms. The molecule has 4 N–H and O–H groups in total. The van der Waals surface area contributed by atoms with Crippen molar-refractivity contribution in [3.8, 4) is 0 Å². The standard InChI is InChI=1S/C14H24N4O2S/c1-8(2)6-7-17-13-9(12(19)16-3)10(15)11(21-13)14(20)18(4)5/h8,17H,6-7,15H2,1-5H3,(H,16,19). The normalized spacial score (nSPS) is 10.6. The number of hydrogen-bond donors (Lipinski definition) is 3. The number of nitrogens with zero attached hydrogens (tertiary/aromatic N) is 1. The van der Waals surface area contributed by atoms with E-state index < -0.39 is 0 Å². The second kappa shape index (κ2) is 7.31. The molecule has 0 aromatic carbocycles.